The number of carbonyl (C=O) groups excluding carboxylic acids is 1. The van der Waals surface area contributed by atoms with Crippen molar-refractivity contribution in [3.8, 4) is 5.75 Å². The number of hydrogen-bond donors (Lipinski definition) is 1. The Morgan fingerprint density at radius 2 is 2.08 bits per heavy atom. The molecule has 132 valence electrons. The highest BCUT2D eigenvalue weighted by molar-refractivity contribution is 5.76. The third-order valence-electron chi connectivity index (χ3n) is 4.48. The number of hydrogen-bond acceptors (Lipinski definition) is 4. The Kier molecular flexibility index (Phi) is 4.64. The van der Waals surface area contributed by atoms with Gasteiger partial charge >= 0.3 is 0 Å². The summed E-state index contributed by atoms with van der Waals surface area (Å²) in [5, 5.41) is 7.12. The van der Waals surface area contributed by atoms with Crippen LogP contribution in [-0.2, 0) is 17.8 Å². The molecule has 4 rings (SSSR count). The van der Waals surface area contributed by atoms with Gasteiger partial charge in [0.15, 0.2) is 0 Å². The van der Waals surface area contributed by atoms with Gasteiger partial charge in [0.25, 0.3) is 0 Å². The lowest BCUT2D eigenvalue weighted by Gasteiger charge is -2.23. The Balaban J connectivity index is 1.62. The first-order chi connectivity index (χ1) is 12.8. The van der Waals surface area contributed by atoms with Crippen LogP contribution in [0.3, 0.4) is 0 Å². The van der Waals surface area contributed by atoms with Crippen LogP contribution in [0.2, 0.25) is 0 Å². The van der Waals surface area contributed by atoms with Crippen molar-refractivity contribution in [3.05, 3.63) is 77.9 Å². The average Bonchev–Trinajstić information content (AvgIpc) is 3.19. The number of amides is 1. The van der Waals surface area contributed by atoms with Crippen molar-refractivity contribution >= 4 is 5.91 Å². The van der Waals surface area contributed by atoms with Gasteiger partial charge in [-0.1, -0.05) is 36.4 Å². The minimum Gasteiger partial charge on any atom is -0.493 e. The first-order valence-electron chi connectivity index (χ1n) is 8.72. The van der Waals surface area contributed by atoms with Gasteiger partial charge in [0.2, 0.25) is 5.91 Å². The number of aryl methyl sites for hydroxylation is 1. The third kappa shape index (κ3) is 3.59. The summed E-state index contributed by atoms with van der Waals surface area (Å²) in [5.41, 5.74) is 3.28. The van der Waals surface area contributed by atoms with Crippen molar-refractivity contribution in [2.45, 2.75) is 25.4 Å². The van der Waals surface area contributed by atoms with E-state index in [2.05, 4.69) is 21.5 Å². The highest BCUT2D eigenvalue weighted by Gasteiger charge is 2.20. The highest BCUT2D eigenvalue weighted by Crippen LogP contribution is 2.30. The summed E-state index contributed by atoms with van der Waals surface area (Å²) in [7, 11) is 0. The second kappa shape index (κ2) is 7.39. The molecule has 1 N–H and O–H groups in total. The van der Waals surface area contributed by atoms with E-state index in [0.29, 0.717) is 0 Å². The molecule has 1 atom stereocenters. The quantitative estimate of drug-likeness (QED) is 0.769. The second-order valence-electron chi connectivity index (χ2n) is 6.32. The van der Waals surface area contributed by atoms with E-state index in [4.69, 9.17) is 4.74 Å². The van der Waals surface area contributed by atoms with E-state index in [-0.39, 0.29) is 18.5 Å². The van der Waals surface area contributed by atoms with E-state index < -0.39 is 0 Å². The minimum absolute atomic E-state index is 0.113. The van der Waals surface area contributed by atoms with E-state index in [1.165, 1.54) is 22.9 Å². The van der Waals surface area contributed by atoms with Gasteiger partial charge in [-0.2, -0.15) is 5.10 Å². The molecule has 0 fully saturated rings. The summed E-state index contributed by atoms with van der Waals surface area (Å²) in [5.74, 6) is 0.832. The van der Waals surface area contributed by atoms with Crippen LogP contribution in [0.25, 0.3) is 0 Å². The lowest BCUT2D eigenvalue weighted by molar-refractivity contribution is -0.122. The molecule has 0 spiro atoms. The number of fused-ring (bicyclic) bond motifs is 1. The second-order valence-corrected chi connectivity index (χ2v) is 6.32. The molecule has 0 bridgehead atoms. The predicted molar refractivity (Wildman–Crippen MR) is 96.7 cm³/mol. The Bertz CT molecular complexity index is 878. The molecule has 2 heterocycles. The van der Waals surface area contributed by atoms with Crippen molar-refractivity contribution in [2.75, 3.05) is 6.61 Å². The van der Waals surface area contributed by atoms with Gasteiger partial charge in [-0.3, -0.25) is 4.79 Å². The maximum atomic E-state index is 12.5. The van der Waals surface area contributed by atoms with Gasteiger partial charge in [0, 0.05) is 0 Å². The molecule has 0 saturated carbocycles. The normalized spacial score (nSPS) is 14.2. The zero-order valence-electron chi connectivity index (χ0n) is 14.3. The van der Waals surface area contributed by atoms with Crippen LogP contribution < -0.4 is 10.1 Å². The van der Waals surface area contributed by atoms with Crippen LogP contribution in [0.5, 0.6) is 5.75 Å². The number of nitrogens with one attached hydrogen (secondary N) is 1. The Hall–Kier alpha value is -3.15. The summed E-state index contributed by atoms with van der Waals surface area (Å²) < 4.78 is 7.22. The van der Waals surface area contributed by atoms with Crippen molar-refractivity contribution < 1.29 is 9.53 Å². The first kappa shape index (κ1) is 16.3. The van der Waals surface area contributed by atoms with Gasteiger partial charge in [0.1, 0.15) is 24.9 Å². The molecular weight excluding hydrogens is 328 g/mol. The minimum atomic E-state index is -0.223. The fourth-order valence-electron chi connectivity index (χ4n) is 3.23. The van der Waals surface area contributed by atoms with Gasteiger partial charge in [-0.05, 0) is 41.7 Å². The Labute approximate surface area is 151 Å². The molecule has 26 heavy (non-hydrogen) atoms. The number of aromatic nitrogens is 3. The van der Waals surface area contributed by atoms with Crippen molar-refractivity contribution in [2.24, 2.45) is 0 Å². The fourth-order valence-corrected chi connectivity index (χ4v) is 3.23. The zero-order chi connectivity index (χ0) is 17.8. The maximum Gasteiger partial charge on any atom is 0.242 e. The molecule has 6 heteroatoms. The lowest BCUT2D eigenvalue weighted by Crippen LogP contribution is -2.32. The van der Waals surface area contributed by atoms with E-state index in [9.17, 15) is 4.79 Å². The van der Waals surface area contributed by atoms with E-state index in [1.54, 1.807) is 0 Å². The molecule has 1 aromatic heterocycles. The van der Waals surface area contributed by atoms with E-state index >= 15 is 0 Å². The lowest BCUT2D eigenvalue weighted by atomic mass is 9.95. The number of ether oxygens (including phenoxy) is 1. The summed E-state index contributed by atoms with van der Waals surface area (Å²) in [6.07, 6.45) is 4.97. The Morgan fingerprint density at radius 1 is 1.19 bits per heavy atom. The molecule has 0 unspecified atom stereocenters. The molecule has 0 saturated heterocycles. The van der Waals surface area contributed by atoms with Crippen molar-refractivity contribution in [3.63, 3.8) is 0 Å². The van der Waals surface area contributed by atoms with Crippen LogP contribution in [-0.4, -0.2) is 27.3 Å². The smallest absolute Gasteiger partial charge is 0.242 e. The van der Waals surface area contributed by atoms with Gasteiger partial charge in [-0.25, -0.2) is 9.67 Å². The van der Waals surface area contributed by atoms with Gasteiger partial charge in [-0.15, -0.1) is 0 Å². The first-order valence-corrected chi connectivity index (χ1v) is 8.72. The number of carbonyl (C=O) groups is 1. The van der Waals surface area contributed by atoms with Crippen LogP contribution in [0.4, 0.5) is 0 Å². The summed E-state index contributed by atoms with van der Waals surface area (Å²) >= 11 is 0. The summed E-state index contributed by atoms with van der Waals surface area (Å²) in [6.45, 7) is 0.903. The SMILES string of the molecule is O=C(Cn1cncn1)N[C@@H](c1ccccc1)c1ccc2c(c1)CCCO2. The summed E-state index contributed by atoms with van der Waals surface area (Å²) in [6, 6.07) is 15.9. The molecule has 6 nitrogen and oxygen atoms in total. The fraction of sp³-hybridized carbons (Fsp3) is 0.250. The standard InChI is InChI=1S/C20H20N4O2/c25-19(12-24-14-21-13-22-24)23-20(15-5-2-1-3-6-15)17-8-9-18-16(11-17)7-4-10-26-18/h1-3,5-6,8-9,11,13-14,20H,4,7,10,12H2,(H,23,25)/t20-/m0/s1. The summed E-state index contributed by atoms with van der Waals surface area (Å²) in [4.78, 5) is 16.4. The van der Waals surface area contributed by atoms with Crippen LogP contribution in [0.15, 0.2) is 61.2 Å². The van der Waals surface area contributed by atoms with Gasteiger partial charge in [0.05, 0.1) is 12.6 Å². The number of rotatable bonds is 5. The maximum absolute atomic E-state index is 12.5. The average molecular weight is 348 g/mol. The van der Waals surface area contributed by atoms with Crippen LogP contribution in [0, 0.1) is 0 Å². The van der Waals surface area contributed by atoms with E-state index in [0.717, 1.165) is 36.3 Å². The van der Waals surface area contributed by atoms with Gasteiger partial charge < -0.3 is 10.1 Å². The van der Waals surface area contributed by atoms with E-state index in [1.807, 2.05) is 42.5 Å². The number of benzene rings is 2. The molecular formula is C20H20N4O2. The molecule has 2 aromatic carbocycles. The van der Waals surface area contributed by atoms with Crippen molar-refractivity contribution in [1.82, 2.24) is 20.1 Å². The highest BCUT2D eigenvalue weighted by atomic mass is 16.5. The molecule has 0 radical (unpaired) electrons. The predicted octanol–water partition coefficient (Wildman–Crippen LogP) is 2.51. The molecule has 3 aromatic rings. The Morgan fingerprint density at radius 3 is 2.88 bits per heavy atom. The van der Waals surface area contributed by atoms with Crippen LogP contribution in [0.1, 0.15) is 29.2 Å². The molecule has 1 aliphatic heterocycles. The number of nitrogens with zero attached hydrogens (tertiary/aromatic N) is 3. The van der Waals surface area contributed by atoms with Crippen LogP contribution >= 0.6 is 0 Å². The monoisotopic (exact) mass is 348 g/mol. The zero-order valence-corrected chi connectivity index (χ0v) is 14.3. The molecule has 0 aliphatic carbocycles. The van der Waals surface area contributed by atoms with Crippen molar-refractivity contribution in [1.29, 1.82) is 0 Å². The molecule has 1 aliphatic rings. The molecule has 1 amide bonds. The third-order valence-corrected chi connectivity index (χ3v) is 4.48. The largest absolute Gasteiger partial charge is 0.493 e. The topological polar surface area (TPSA) is 69.0 Å².